The van der Waals surface area contributed by atoms with Crippen LogP contribution in [0.15, 0.2) is 59.6 Å². The third-order valence-corrected chi connectivity index (χ3v) is 3.62. The van der Waals surface area contributed by atoms with Gasteiger partial charge in [-0.25, -0.2) is 4.99 Å². The van der Waals surface area contributed by atoms with Crippen molar-refractivity contribution < 1.29 is 4.74 Å². The van der Waals surface area contributed by atoms with Gasteiger partial charge < -0.3 is 20.3 Å². The summed E-state index contributed by atoms with van der Waals surface area (Å²) in [6, 6.07) is 18.3. The van der Waals surface area contributed by atoms with Crippen LogP contribution in [0.25, 0.3) is 0 Å². The Bertz CT molecular complexity index is 639. The smallest absolute Gasteiger partial charge is 0.191 e. The summed E-state index contributed by atoms with van der Waals surface area (Å²) in [5.74, 6) is 1.68. The van der Waals surface area contributed by atoms with Gasteiger partial charge in [-0.05, 0) is 36.8 Å². The SMILES string of the molecule is CCNC(=NCc1ccc(N(C)C)cc1)NCCOc1ccccc1. The van der Waals surface area contributed by atoms with Gasteiger partial charge in [-0.2, -0.15) is 0 Å². The van der Waals surface area contributed by atoms with E-state index in [1.165, 1.54) is 11.3 Å². The van der Waals surface area contributed by atoms with E-state index in [1.54, 1.807) is 0 Å². The number of aliphatic imine (C=N–C) groups is 1. The first-order valence-electron chi connectivity index (χ1n) is 8.65. The molecular weight excluding hydrogens is 312 g/mol. The number of benzene rings is 2. The monoisotopic (exact) mass is 340 g/mol. The number of hydrogen-bond donors (Lipinski definition) is 2. The largest absolute Gasteiger partial charge is 0.492 e. The first-order valence-corrected chi connectivity index (χ1v) is 8.65. The molecule has 2 aromatic rings. The number of guanidine groups is 1. The number of nitrogens with one attached hydrogen (secondary N) is 2. The minimum Gasteiger partial charge on any atom is -0.492 e. The maximum atomic E-state index is 5.68. The average Bonchev–Trinajstić information content (AvgIpc) is 2.64. The van der Waals surface area contributed by atoms with Crippen LogP contribution in [0.4, 0.5) is 5.69 Å². The molecule has 0 heterocycles. The minimum atomic E-state index is 0.589. The molecule has 134 valence electrons. The highest BCUT2D eigenvalue weighted by atomic mass is 16.5. The van der Waals surface area contributed by atoms with E-state index in [9.17, 15) is 0 Å². The normalized spacial score (nSPS) is 11.1. The number of nitrogens with zero attached hydrogens (tertiary/aromatic N) is 2. The minimum absolute atomic E-state index is 0.589. The predicted molar refractivity (Wildman–Crippen MR) is 106 cm³/mol. The van der Waals surface area contributed by atoms with Gasteiger partial charge in [0.25, 0.3) is 0 Å². The number of para-hydroxylation sites is 1. The molecule has 0 bridgehead atoms. The van der Waals surface area contributed by atoms with E-state index in [1.807, 2.05) is 44.4 Å². The van der Waals surface area contributed by atoms with Gasteiger partial charge in [-0.15, -0.1) is 0 Å². The summed E-state index contributed by atoms with van der Waals surface area (Å²) >= 11 is 0. The van der Waals surface area contributed by atoms with E-state index < -0.39 is 0 Å². The first kappa shape index (κ1) is 18.6. The molecule has 2 N–H and O–H groups in total. The summed E-state index contributed by atoms with van der Waals surface area (Å²) in [5.41, 5.74) is 2.37. The first-order chi connectivity index (χ1) is 12.2. The van der Waals surface area contributed by atoms with Crippen molar-refractivity contribution in [3.8, 4) is 5.75 Å². The molecule has 0 unspecified atom stereocenters. The quantitative estimate of drug-likeness (QED) is 0.441. The van der Waals surface area contributed by atoms with Crippen LogP contribution in [0.1, 0.15) is 12.5 Å². The molecule has 5 nitrogen and oxygen atoms in total. The second-order valence-corrected chi connectivity index (χ2v) is 5.84. The molecule has 2 aromatic carbocycles. The molecule has 0 spiro atoms. The highest BCUT2D eigenvalue weighted by Crippen LogP contribution is 2.12. The van der Waals surface area contributed by atoms with Crippen LogP contribution in [0.5, 0.6) is 5.75 Å². The Hall–Kier alpha value is -2.69. The molecule has 0 fully saturated rings. The molecule has 0 atom stereocenters. The molecule has 0 aliphatic heterocycles. The van der Waals surface area contributed by atoms with Crippen LogP contribution < -0.4 is 20.3 Å². The standard InChI is InChI=1S/C20H28N4O/c1-4-21-20(22-14-15-25-19-8-6-5-7-9-19)23-16-17-10-12-18(13-11-17)24(2)3/h5-13H,4,14-16H2,1-3H3,(H2,21,22,23). The van der Waals surface area contributed by atoms with Crippen LogP contribution in [-0.2, 0) is 6.54 Å². The Morgan fingerprint density at radius 1 is 1.00 bits per heavy atom. The van der Waals surface area contributed by atoms with Crippen molar-refractivity contribution in [3.63, 3.8) is 0 Å². The zero-order chi connectivity index (χ0) is 17.9. The van der Waals surface area contributed by atoms with Crippen LogP contribution in [-0.4, -0.2) is 39.8 Å². The van der Waals surface area contributed by atoms with Crippen molar-refractivity contribution in [1.82, 2.24) is 10.6 Å². The van der Waals surface area contributed by atoms with Gasteiger partial charge in [0.15, 0.2) is 5.96 Å². The molecule has 5 heteroatoms. The van der Waals surface area contributed by atoms with Crippen molar-refractivity contribution in [2.24, 2.45) is 4.99 Å². The molecule has 0 saturated heterocycles. The molecule has 2 rings (SSSR count). The second-order valence-electron chi connectivity index (χ2n) is 5.84. The Labute approximate surface area is 150 Å². The molecule has 25 heavy (non-hydrogen) atoms. The number of anilines is 1. The van der Waals surface area contributed by atoms with Crippen LogP contribution in [0, 0.1) is 0 Å². The van der Waals surface area contributed by atoms with Crippen molar-refractivity contribution in [3.05, 3.63) is 60.2 Å². The molecular formula is C20H28N4O. The fraction of sp³-hybridized carbons (Fsp3) is 0.350. The summed E-state index contributed by atoms with van der Waals surface area (Å²) < 4.78 is 5.68. The summed E-state index contributed by atoms with van der Waals surface area (Å²) in [7, 11) is 4.08. The summed E-state index contributed by atoms with van der Waals surface area (Å²) in [4.78, 5) is 6.72. The van der Waals surface area contributed by atoms with E-state index in [4.69, 9.17) is 4.74 Å². The number of ether oxygens (including phenoxy) is 1. The Morgan fingerprint density at radius 3 is 2.36 bits per heavy atom. The summed E-state index contributed by atoms with van der Waals surface area (Å²) in [6.07, 6.45) is 0. The predicted octanol–water partition coefficient (Wildman–Crippen LogP) is 2.89. The van der Waals surface area contributed by atoms with Gasteiger partial charge in [0, 0.05) is 26.3 Å². The lowest BCUT2D eigenvalue weighted by Crippen LogP contribution is -2.39. The van der Waals surface area contributed by atoms with E-state index in [2.05, 4.69) is 51.7 Å². The molecule has 0 amide bonds. The Balaban J connectivity index is 1.81. The van der Waals surface area contributed by atoms with E-state index >= 15 is 0 Å². The van der Waals surface area contributed by atoms with E-state index in [-0.39, 0.29) is 0 Å². The van der Waals surface area contributed by atoms with Gasteiger partial charge in [-0.3, -0.25) is 0 Å². The van der Waals surface area contributed by atoms with Gasteiger partial charge >= 0.3 is 0 Å². The van der Waals surface area contributed by atoms with Crippen molar-refractivity contribution >= 4 is 11.6 Å². The summed E-state index contributed by atoms with van der Waals surface area (Å²) in [6.45, 7) is 4.81. The molecule has 0 radical (unpaired) electrons. The van der Waals surface area contributed by atoms with Crippen LogP contribution in [0.2, 0.25) is 0 Å². The fourth-order valence-corrected chi connectivity index (χ4v) is 2.27. The highest BCUT2D eigenvalue weighted by molar-refractivity contribution is 5.79. The lowest BCUT2D eigenvalue weighted by atomic mass is 10.2. The van der Waals surface area contributed by atoms with E-state index in [0.717, 1.165) is 18.3 Å². The lowest BCUT2D eigenvalue weighted by Gasteiger charge is -2.13. The van der Waals surface area contributed by atoms with Crippen LogP contribution in [0.3, 0.4) is 0 Å². The third-order valence-electron chi connectivity index (χ3n) is 3.62. The molecule has 0 aliphatic rings. The van der Waals surface area contributed by atoms with Gasteiger partial charge in [0.05, 0.1) is 13.1 Å². The molecule has 0 saturated carbocycles. The number of rotatable bonds is 8. The van der Waals surface area contributed by atoms with Gasteiger partial charge in [0.2, 0.25) is 0 Å². The van der Waals surface area contributed by atoms with Crippen molar-refractivity contribution in [2.45, 2.75) is 13.5 Å². The Kier molecular flexibility index (Phi) is 7.63. The van der Waals surface area contributed by atoms with Crippen molar-refractivity contribution in [1.29, 1.82) is 0 Å². The fourth-order valence-electron chi connectivity index (χ4n) is 2.27. The zero-order valence-electron chi connectivity index (χ0n) is 15.3. The van der Waals surface area contributed by atoms with Gasteiger partial charge in [0.1, 0.15) is 12.4 Å². The lowest BCUT2D eigenvalue weighted by molar-refractivity contribution is 0.322. The topological polar surface area (TPSA) is 48.9 Å². The maximum Gasteiger partial charge on any atom is 0.191 e. The molecule has 0 aliphatic carbocycles. The van der Waals surface area contributed by atoms with Crippen molar-refractivity contribution in [2.75, 3.05) is 38.7 Å². The number of hydrogen-bond acceptors (Lipinski definition) is 3. The summed E-state index contributed by atoms with van der Waals surface area (Å²) in [5, 5.41) is 6.55. The third kappa shape index (κ3) is 6.75. The zero-order valence-corrected chi connectivity index (χ0v) is 15.3. The van der Waals surface area contributed by atoms with E-state index in [0.29, 0.717) is 19.7 Å². The highest BCUT2D eigenvalue weighted by Gasteiger charge is 1.99. The molecule has 0 aromatic heterocycles. The average molecular weight is 340 g/mol. The van der Waals surface area contributed by atoms with Crippen LogP contribution >= 0.6 is 0 Å². The van der Waals surface area contributed by atoms with Gasteiger partial charge in [-0.1, -0.05) is 30.3 Å². The Morgan fingerprint density at radius 2 is 1.72 bits per heavy atom. The maximum absolute atomic E-state index is 5.68. The second kappa shape index (κ2) is 10.2.